The van der Waals surface area contributed by atoms with Crippen LogP contribution in [0.15, 0.2) is 17.5 Å². The van der Waals surface area contributed by atoms with E-state index in [1.54, 1.807) is 0 Å². The van der Waals surface area contributed by atoms with Crippen molar-refractivity contribution in [2.24, 2.45) is 4.99 Å². The molecule has 0 aliphatic heterocycles. The van der Waals surface area contributed by atoms with Gasteiger partial charge < -0.3 is 4.74 Å². The van der Waals surface area contributed by atoms with Crippen LogP contribution in [-0.2, 0) is 4.74 Å². The van der Waals surface area contributed by atoms with E-state index in [2.05, 4.69) is 9.73 Å². The third-order valence-electron chi connectivity index (χ3n) is 0.336. The van der Waals surface area contributed by atoms with Gasteiger partial charge in [0.15, 0.2) is 0 Å². The van der Waals surface area contributed by atoms with E-state index in [4.69, 9.17) is 5.41 Å². The summed E-state index contributed by atoms with van der Waals surface area (Å²) in [5.41, 5.74) is 0. The Bertz CT molecular complexity index is 102. The van der Waals surface area contributed by atoms with Crippen molar-refractivity contribution in [3.63, 3.8) is 0 Å². The summed E-state index contributed by atoms with van der Waals surface area (Å²) in [5.74, 6) is 0. The maximum atomic E-state index is 6.26. The minimum atomic E-state index is 1.34. The number of ether oxygens (including phenoxy) is 1. The van der Waals surface area contributed by atoms with Crippen LogP contribution in [0.4, 0.5) is 0 Å². The molecular weight excluding hydrogens is 92.1 g/mol. The molecule has 0 unspecified atom stereocenters. The minimum absolute atomic E-state index is 1.34. The van der Waals surface area contributed by atoms with Crippen LogP contribution >= 0.6 is 0 Å². The smallest absolute Gasteiger partial charge is 0.102 e. The summed E-state index contributed by atoms with van der Waals surface area (Å²) in [4.78, 5) is 3.27. The molecule has 3 nitrogen and oxygen atoms in total. The van der Waals surface area contributed by atoms with Crippen LogP contribution in [0.2, 0.25) is 0 Å². The van der Waals surface area contributed by atoms with Gasteiger partial charge in [0.1, 0.15) is 6.26 Å². The standard InChI is InChI=1S/C4H6N2O/c1-7-3-2-6-4-5/h2-3,5H,1H3/b3-2-. The molecule has 0 amide bonds. The van der Waals surface area contributed by atoms with E-state index < -0.39 is 0 Å². The van der Waals surface area contributed by atoms with Crippen LogP contribution in [0.3, 0.4) is 0 Å². The van der Waals surface area contributed by atoms with Gasteiger partial charge in [-0.25, -0.2) is 5.41 Å². The maximum Gasteiger partial charge on any atom is 0.102 e. The van der Waals surface area contributed by atoms with E-state index in [-0.39, 0.29) is 0 Å². The van der Waals surface area contributed by atoms with E-state index in [0.717, 1.165) is 0 Å². The largest absolute Gasteiger partial charge is 0.503 e. The van der Waals surface area contributed by atoms with Gasteiger partial charge in [-0.05, 0) is 0 Å². The topological polar surface area (TPSA) is 45.4 Å². The van der Waals surface area contributed by atoms with Gasteiger partial charge in [0.05, 0.1) is 19.3 Å². The molecular formula is C4H6N2O. The Morgan fingerprint density at radius 1 is 1.86 bits per heavy atom. The van der Waals surface area contributed by atoms with Crippen molar-refractivity contribution in [3.8, 4) is 0 Å². The zero-order chi connectivity index (χ0) is 5.54. The fourth-order valence-electron chi connectivity index (χ4n) is 0.129. The van der Waals surface area contributed by atoms with Gasteiger partial charge in [-0.1, -0.05) is 0 Å². The molecule has 0 aliphatic rings. The molecule has 0 saturated heterocycles. The van der Waals surface area contributed by atoms with Crippen molar-refractivity contribution in [2.75, 3.05) is 7.11 Å². The second-order valence-electron chi connectivity index (χ2n) is 0.762. The summed E-state index contributed by atoms with van der Waals surface area (Å²) in [5, 5.41) is 6.26. The first-order valence-electron chi connectivity index (χ1n) is 1.71. The quantitative estimate of drug-likeness (QED) is 0.404. The molecule has 0 bridgehead atoms. The highest BCUT2D eigenvalue weighted by atomic mass is 16.5. The third-order valence-corrected chi connectivity index (χ3v) is 0.336. The summed E-state index contributed by atoms with van der Waals surface area (Å²) in [6.45, 7) is 0. The Morgan fingerprint density at radius 2 is 2.57 bits per heavy atom. The first-order chi connectivity index (χ1) is 3.41. The number of nitrogens with zero attached hydrogens (tertiary/aromatic N) is 1. The molecule has 7 heavy (non-hydrogen) atoms. The molecule has 3 heteroatoms. The highest BCUT2D eigenvalue weighted by molar-refractivity contribution is 5.37. The fourth-order valence-corrected chi connectivity index (χ4v) is 0.129. The Hall–Kier alpha value is -1.08. The molecule has 0 saturated carbocycles. The van der Waals surface area contributed by atoms with Gasteiger partial charge in [0.25, 0.3) is 0 Å². The van der Waals surface area contributed by atoms with Crippen LogP contribution < -0.4 is 0 Å². The van der Waals surface area contributed by atoms with Gasteiger partial charge in [-0.3, -0.25) is 0 Å². The number of hydrogen-bond acceptors (Lipinski definition) is 3. The molecule has 0 radical (unpaired) electrons. The van der Waals surface area contributed by atoms with Gasteiger partial charge in [0.2, 0.25) is 0 Å². The first kappa shape index (κ1) is 5.92. The van der Waals surface area contributed by atoms with E-state index >= 15 is 0 Å². The third kappa shape index (κ3) is 4.92. The van der Waals surface area contributed by atoms with E-state index in [1.165, 1.54) is 19.6 Å². The lowest BCUT2D eigenvalue weighted by Crippen LogP contribution is -1.59. The molecule has 0 fully saturated rings. The van der Waals surface area contributed by atoms with Gasteiger partial charge in [-0.2, -0.15) is 4.99 Å². The van der Waals surface area contributed by atoms with Crippen molar-refractivity contribution in [1.82, 2.24) is 0 Å². The molecule has 0 heterocycles. The van der Waals surface area contributed by atoms with Crippen molar-refractivity contribution in [2.45, 2.75) is 0 Å². The average molecular weight is 98.1 g/mol. The molecule has 0 atom stereocenters. The second-order valence-corrected chi connectivity index (χ2v) is 0.762. The van der Waals surface area contributed by atoms with Crippen LogP contribution in [0, 0.1) is 5.41 Å². The Kier molecular flexibility index (Phi) is 4.16. The number of nitrogens with one attached hydrogen (secondary N) is 1. The van der Waals surface area contributed by atoms with Crippen LogP contribution in [0.5, 0.6) is 0 Å². The summed E-state index contributed by atoms with van der Waals surface area (Å²) in [7, 11) is 1.51. The van der Waals surface area contributed by atoms with Crippen molar-refractivity contribution < 1.29 is 4.74 Å². The van der Waals surface area contributed by atoms with E-state index in [1.807, 2.05) is 6.01 Å². The predicted molar refractivity (Wildman–Crippen MR) is 26.3 cm³/mol. The zero-order valence-electron chi connectivity index (χ0n) is 4.01. The van der Waals surface area contributed by atoms with Crippen molar-refractivity contribution in [1.29, 1.82) is 5.41 Å². The second kappa shape index (κ2) is 4.92. The summed E-state index contributed by atoms with van der Waals surface area (Å²) in [6, 6.07) is 1.81. The molecule has 0 aliphatic carbocycles. The number of hydrogen-bond donors (Lipinski definition) is 1. The number of methoxy groups -OCH3 is 1. The SMILES string of the molecule is CO/C=C\N=C=N. The molecule has 38 valence electrons. The molecule has 0 aromatic rings. The van der Waals surface area contributed by atoms with E-state index in [9.17, 15) is 0 Å². The summed E-state index contributed by atoms with van der Waals surface area (Å²) >= 11 is 0. The molecule has 0 aromatic heterocycles. The molecule has 0 spiro atoms. The molecule has 0 aromatic carbocycles. The Balaban J connectivity index is 3.27. The highest BCUT2D eigenvalue weighted by Crippen LogP contribution is 1.69. The lowest BCUT2D eigenvalue weighted by atomic mass is 11.0. The monoisotopic (exact) mass is 98.0 g/mol. The lowest BCUT2D eigenvalue weighted by Gasteiger charge is -1.77. The average Bonchev–Trinajstić information content (AvgIpc) is 1.69. The van der Waals surface area contributed by atoms with E-state index in [0.29, 0.717) is 0 Å². The molecule has 0 rings (SSSR count). The lowest BCUT2D eigenvalue weighted by molar-refractivity contribution is 0.337. The maximum absolute atomic E-state index is 6.26. The predicted octanol–water partition coefficient (Wildman–Crippen LogP) is 0.857. The Labute approximate surface area is 41.8 Å². The first-order valence-corrected chi connectivity index (χ1v) is 1.71. The molecule has 1 N–H and O–H groups in total. The van der Waals surface area contributed by atoms with Crippen molar-refractivity contribution in [3.05, 3.63) is 12.5 Å². The van der Waals surface area contributed by atoms with Gasteiger partial charge >= 0.3 is 0 Å². The number of aliphatic imine (C=N–C) groups is 1. The van der Waals surface area contributed by atoms with Crippen LogP contribution in [0.25, 0.3) is 0 Å². The van der Waals surface area contributed by atoms with Gasteiger partial charge in [-0.15, -0.1) is 0 Å². The van der Waals surface area contributed by atoms with Crippen LogP contribution in [-0.4, -0.2) is 13.1 Å². The fraction of sp³-hybridized carbons (Fsp3) is 0.250. The number of rotatable bonds is 2. The van der Waals surface area contributed by atoms with Crippen molar-refractivity contribution >= 4 is 6.01 Å². The summed E-state index contributed by atoms with van der Waals surface area (Å²) < 4.78 is 4.45. The minimum Gasteiger partial charge on any atom is -0.503 e. The normalized spacial score (nSPS) is 8.14. The van der Waals surface area contributed by atoms with Crippen LogP contribution in [0.1, 0.15) is 0 Å². The zero-order valence-corrected chi connectivity index (χ0v) is 4.01. The van der Waals surface area contributed by atoms with Gasteiger partial charge in [0, 0.05) is 0 Å². The highest BCUT2D eigenvalue weighted by Gasteiger charge is 1.55. The Morgan fingerprint density at radius 3 is 3.00 bits per heavy atom. The summed E-state index contributed by atoms with van der Waals surface area (Å²) in [6.07, 6.45) is 2.70.